The van der Waals surface area contributed by atoms with E-state index in [0.717, 1.165) is 55.0 Å². The highest BCUT2D eigenvalue weighted by Gasteiger charge is 2.37. The van der Waals surface area contributed by atoms with Crippen molar-refractivity contribution in [2.75, 3.05) is 56.2 Å². The van der Waals surface area contributed by atoms with E-state index in [2.05, 4.69) is 77.2 Å². The first-order valence-corrected chi connectivity index (χ1v) is 17.0. The molecule has 7 rings (SSSR count). The van der Waals surface area contributed by atoms with Crippen LogP contribution in [0.25, 0.3) is 10.8 Å². The highest BCUT2D eigenvalue weighted by Crippen LogP contribution is 2.35. The molecule has 0 bridgehead atoms. The summed E-state index contributed by atoms with van der Waals surface area (Å²) in [5.74, 6) is 0.845. The molecule has 10 heteroatoms. The fourth-order valence-corrected chi connectivity index (χ4v) is 7.33. The smallest absolute Gasteiger partial charge is 0.410 e. The number of hydrogen-bond donors (Lipinski definition) is 0. The number of benzene rings is 3. The summed E-state index contributed by atoms with van der Waals surface area (Å²) >= 11 is 0. The summed E-state index contributed by atoms with van der Waals surface area (Å²) in [6, 6.07) is 26.9. The minimum absolute atomic E-state index is 0.0714. The zero-order chi connectivity index (χ0) is 33.1. The predicted octanol–water partition coefficient (Wildman–Crippen LogP) is 5.80. The van der Waals surface area contributed by atoms with Gasteiger partial charge in [-0.1, -0.05) is 66.7 Å². The van der Waals surface area contributed by atoms with Gasteiger partial charge in [-0.25, -0.2) is 4.79 Å². The number of carbonyl (C=O) groups excluding carboxylic acids is 1. The maximum Gasteiger partial charge on any atom is 0.410 e. The third-order valence-corrected chi connectivity index (χ3v) is 10.3. The van der Waals surface area contributed by atoms with Crippen LogP contribution in [-0.2, 0) is 24.3 Å². The molecule has 0 aliphatic carbocycles. The van der Waals surface area contributed by atoms with Crippen LogP contribution >= 0.6 is 0 Å². The van der Waals surface area contributed by atoms with Gasteiger partial charge in [0.25, 0.3) is 0 Å². The van der Waals surface area contributed by atoms with Gasteiger partial charge in [0, 0.05) is 42.8 Å². The minimum atomic E-state index is -0.396. The van der Waals surface area contributed by atoms with Gasteiger partial charge in [0.15, 0.2) is 0 Å². The predicted molar refractivity (Wildman–Crippen MR) is 186 cm³/mol. The number of likely N-dealkylation sites (N-methyl/N-ethyl adjacent to an activating group) is 1. The fraction of sp³-hybridized carbons (Fsp3) is 0.421. The van der Waals surface area contributed by atoms with Gasteiger partial charge in [0.1, 0.15) is 19.0 Å². The van der Waals surface area contributed by atoms with E-state index < -0.39 is 6.09 Å². The second-order valence-electron chi connectivity index (χ2n) is 13.4. The lowest BCUT2D eigenvalue weighted by Gasteiger charge is -2.42. The standard InChI is InChI=1S/C38H43N7O3/c1-38(18-9-20-42(38)2)27-48-36-40-33-25-43(34-15-8-13-29-12-6-7-14-31(29)34)21-17-32(33)35(41-36)44-22-23-45(30(24-44)16-19-39)37(46)47-26-28-10-4-3-5-11-28/h3-8,10-15,30H,9,16-18,20-27H2,1-2H3. The van der Waals surface area contributed by atoms with Crippen LogP contribution in [-0.4, -0.2) is 83.8 Å². The molecule has 248 valence electrons. The van der Waals surface area contributed by atoms with Crippen LogP contribution in [0.15, 0.2) is 72.8 Å². The molecule has 1 amide bonds. The number of aromatic nitrogens is 2. The van der Waals surface area contributed by atoms with Gasteiger partial charge in [-0.05, 0) is 56.8 Å². The number of carbonyl (C=O) groups is 1. The molecular weight excluding hydrogens is 602 g/mol. The van der Waals surface area contributed by atoms with Crippen LogP contribution in [0.5, 0.6) is 6.01 Å². The molecule has 0 N–H and O–H groups in total. The number of nitrogens with zero attached hydrogens (tertiary/aromatic N) is 7. The van der Waals surface area contributed by atoms with Gasteiger partial charge < -0.3 is 24.2 Å². The molecule has 3 aliphatic heterocycles. The van der Waals surface area contributed by atoms with E-state index in [-0.39, 0.29) is 24.6 Å². The molecule has 2 fully saturated rings. The Kier molecular flexibility index (Phi) is 9.04. The number of rotatable bonds is 8. The summed E-state index contributed by atoms with van der Waals surface area (Å²) < 4.78 is 12.1. The lowest BCUT2D eigenvalue weighted by atomic mass is 10.0. The number of ether oxygens (including phenoxy) is 2. The first-order chi connectivity index (χ1) is 23.4. The molecule has 3 aliphatic rings. The van der Waals surface area contributed by atoms with Crippen molar-refractivity contribution in [3.8, 4) is 12.1 Å². The van der Waals surface area contributed by atoms with E-state index in [1.54, 1.807) is 4.90 Å². The summed E-state index contributed by atoms with van der Waals surface area (Å²) in [7, 11) is 2.15. The van der Waals surface area contributed by atoms with E-state index in [1.165, 1.54) is 16.5 Å². The Morgan fingerprint density at radius 1 is 0.979 bits per heavy atom. The number of anilines is 2. The zero-order valence-electron chi connectivity index (χ0n) is 27.8. The maximum atomic E-state index is 13.2. The number of piperazine rings is 1. The van der Waals surface area contributed by atoms with E-state index in [4.69, 9.17) is 19.4 Å². The van der Waals surface area contributed by atoms with Crippen molar-refractivity contribution in [1.29, 1.82) is 5.26 Å². The van der Waals surface area contributed by atoms with Crippen LogP contribution in [0.2, 0.25) is 0 Å². The van der Waals surface area contributed by atoms with Crippen molar-refractivity contribution in [2.45, 2.75) is 57.3 Å². The second kappa shape index (κ2) is 13.7. The van der Waals surface area contributed by atoms with Gasteiger partial charge in [0.05, 0.1) is 36.3 Å². The van der Waals surface area contributed by atoms with Crippen molar-refractivity contribution in [3.63, 3.8) is 0 Å². The Morgan fingerprint density at radius 2 is 1.79 bits per heavy atom. The monoisotopic (exact) mass is 645 g/mol. The Balaban J connectivity index is 1.16. The molecule has 4 aromatic rings. The number of hydrogen-bond acceptors (Lipinski definition) is 9. The molecule has 48 heavy (non-hydrogen) atoms. The zero-order valence-corrected chi connectivity index (χ0v) is 27.8. The van der Waals surface area contributed by atoms with Crippen LogP contribution in [0, 0.1) is 11.3 Å². The molecule has 2 unspecified atom stereocenters. The largest absolute Gasteiger partial charge is 0.461 e. The fourth-order valence-electron chi connectivity index (χ4n) is 7.33. The van der Waals surface area contributed by atoms with E-state index in [1.807, 2.05) is 30.3 Å². The highest BCUT2D eigenvalue weighted by molar-refractivity contribution is 5.94. The Labute approximate surface area is 282 Å². The van der Waals surface area contributed by atoms with Crippen LogP contribution in [0.3, 0.4) is 0 Å². The first-order valence-electron chi connectivity index (χ1n) is 17.0. The molecule has 1 aromatic heterocycles. The van der Waals surface area contributed by atoms with E-state index in [0.29, 0.717) is 38.8 Å². The van der Waals surface area contributed by atoms with Crippen molar-refractivity contribution in [3.05, 3.63) is 89.6 Å². The van der Waals surface area contributed by atoms with Crippen molar-refractivity contribution < 1.29 is 14.3 Å². The SMILES string of the molecule is CN1CCCC1(C)COc1nc2c(c(N3CCN(C(=O)OCc4ccccc4)C(CC#N)C3)n1)CCN(c1cccc3ccccc13)C2. The Hall–Kier alpha value is -4.88. The summed E-state index contributed by atoms with van der Waals surface area (Å²) in [5, 5.41) is 12.2. The van der Waals surface area contributed by atoms with Gasteiger partial charge in [0.2, 0.25) is 0 Å². The number of fused-ring (bicyclic) bond motifs is 2. The Morgan fingerprint density at radius 3 is 2.60 bits per heavy atom. The topological polar surface area (TPSA) is 98.1 Å². The van der Waals surface area contributed by atoms with Gasteiger partial charge in [-0.2, -0.15) is 15.2 Å². The lowest BCUT2D eigenvalue weighted by molar-refractivity contribution is 0.0767. The quantitative estimate of drug-likeness (QED) is 0.236. The van der Waals surface area contributed by atoms with Crippen molar-refractivity contribution in [1.82, 2.24) is 19.8 Å². The molecule has 2 atom stereocenters. The molecule has 4 heterocycles. The third kappa shape index (κ3) is 6.47. The first kappa shape index (κ1) is 31.7. The van der Waals surface area contributed by atoms with Gasteiger partial charge >= 0.3 is 12.1 Å². The number of nitriles is 1. The third-order valence-electron chi connectivity index (χ3n) is 10.3. The normalized spacial score (nSPS) is 21.2. The molecule has 2 saturated heterocycles. The summed E-state index contributed by atoms with van der Waals surface area (Å²) in [4.78, 5) is 32.0. The Bertz CT molecular complexity index is 1810. The molecular formula is C38H43N7O3. The van der Waals surface area contributed by atoms with E-state index in [9.17, 15) is 10.1 Å². The molecule has 0 spiro atoms. The second-order valence-corrected chi connectivity index (χ2v) is 13.4. The van der Waals surface area contributed by atoms with Crippen molar-refractivity contribution in [2.24, 2.45) is 0 Å². The van der Waals surface area contributed by atoms with Crippen LogP contribution in [0.4, 0.5) is 16.3 Å². The number of amides is 1. The molecule has 3 aromatic carbocycles. The average Bonchev–Trinajstić information content (AvgIpc) is 3.46. The highest BCUT2D eigenvalue weighted by atomic mass is 16.6. The molecule has 0 saturated carbocycles. The van der Waals surface area contributed by atoms with Gasteiger partial charge in [-0.15, -0.1) is 0 Å². The summed E-state index contributed by atoms with van der Waals surface area (Å²) in [6.07, 6.45) is 2.79. The van der Waals surface area contributed by atoms with Gasteiger partial charge in [-0.3, -0.25) is 4.90 Å². The molecule has 10 nitrogen and oxygen atoms in total. The number of likely N-dealkylation sites (tertiary alicyclic amines) is 1. The average molecular weight is 646 g/mol. The van der Waals surface area contributed by atoms with Crippen LogP contribution in [0.1, 0.15) is 43.0 Å². The maximum absolute atomic E-state index is 13.2. The lowest BCUT2D eigenvalue weighted by Crippen LogP contribution is -2.55. The minimum Gasteiger partial charge on any atom is -0.461 e. The van der Waals surface area contributed by atoms with Crippen LogP contribution < -0.4 is 14.5 Å². The van der Waals surface area contributed by atoms with Crippen molar-refractivity contribution >= 4 is 28.4 Å². The van der Waals surface area contributed by atoms with E-state index >= 15 is 0 Å². The summed E-state index contributed by atoms with van der Waals surface area (Å²) in [5.41, 5.74) is 4.12. The molecule has 0 radical (unpaired) electrons. The summed E-state index contributed by atoms with van der Waals surface area (Å²) in [6.45, 7) is 6.93.